The van der Waals surface area contributed by atoms with Crippen LogP contribution in [0.1, 0.15) is 26.6 Å². The molecule has 0 aliphatic carbocycles. The van der Waals surface area contributed by atoms with Gasteiger partial charge in [0.1, 0.15) is 17.3 Å². The zero-order chi connectivity index (χ0) is 19.9. The summed E-state index contributed by atoms with van der Waals surface area (Å²) in [6, 6.07) is 14.1. The Morgan fingerprint density at radius 2 is 1.57 bits per heavy atom. The van der Waals surface area contributed by atoms with Gasteiger partial charge in [-0.15, -0.1) is 0 Å². The predicted molar refractivity (Wildman–Crippen MR) is 113 cm³/mol. The summed E-state index contributed by atoms with van der Waals surface area (Å²) < 4.78 is 10.7. The number of benzene rings is 2. The van der Waals surface area contributed by atoms with Crippen LogP contribution in [0.4, 0.5) is 0 Å². The average Bonchev–Trinajstić information content (AvgIpc) is 3.31. The molecule has 2 aromatic heterocycles. The van der Waals surface area contributed by atoms with Crippen LogP contribution in [0.15, 0.2) is 48.7 Å². The number of ether oxygens (including phenoxy) is 2. The van der Waals surface area contributed by atoms with Crippen LogP contribution in [0.2, 0.25) is 0 Å². The maximum atomic E-state index is 5.43. The largest absolute Gasteiger partial charge is 0.497 e. The van der Waals surface area contributed by atoms with Crippen molar-refractivity contribution in [2.24, 2.45) is 0 Å². The van der Waals surface area contributed by atoms with Gasteiger partial charge in [-0.3, -0.25) is 0 Å². The van der Waals surface area contributed by atoms with Crippen LogP contribution in [0.3, 0.4) is 0 Å². The van der Waals surface area contributed by atoms with Gasteiger partial charge in [0, 0.05) is 33.6 Å². The molecule has 0 saturated carbocycles. The highest BCUT2D eigenvalue weighted by Gasteiger charge is 2.23. The first-order chi connectivity index (χ1) is 13.4. The molecule has 28 heavy (non-hydrogen) atoms. The molecule has 0 amide bonds. The van der Waals surface area contributed by atoms with Gasteiger partial charge in [-0.2, -0.15) is 0 Å². The normalized spacial score (nSPS) is 11.8. The summed E-state index contributed by atoms with van der Waals surface area (Å²) in [6.07, 6.45) is 2.02. The van der Waals surface area contributed by atoms with Gasteiger partial charge in [-0.05, 0) is 42.5 Å². The maximum absolute atomic E-state index is 5.43. The second-order valence-corrected chi connectivity index (χ2v) is 7.90. The van der Waals surface area contributed by atoms with E-state index in [-0.39, 0.29) is 5.41 Å². The molecule has 2 aromatic carbocycles. The third-order valence-corrected chi connectivity index (χ3v) is 4.94. The van der Waals surface area contributed by atoms with Crippen LogP contribution < -0.4 is 9.47 Å². The fourth-order valence-corrected chi connectivity index (χ4v) is 3.31. The van der Waals surface area contributed by atoms with Crippen LogP contribution in [0.25, 0.3) is 33.4 Å². The molecule has 0 saturated heterocycles. The SMILES string of the molecule is COc1ccc(-c2nc(C(C)(C)C)[nH]c2-c2c[nH]c3ccc(OC)cc23)cc1. The fourth-order valence-electron chi connectivity index (χ4n) is 3.31. The number of H-pyrrole nitrogens is 2. The number of fused-ring (bicyclic) bond motifs is 1. The van der Waals surface area contributed by atoms with E-state index in [1.807, 2.05) is 42.6 Å². The number of methoxy groups -OCH3 is 2. The highest BCUT2D eigenvalue weighted by atomic mass is 16.5. The topological polar surface area (TPSA) is 62.9 Å². The standard InChI is InChI=1S/C23H25N3O2/c1-23(2,3)22-25-20(14-6-8-15(27-4)9-7-14)21(26-22)18-13-24-19-11-10-16(28-5)12-17(18)19/h6-13,24H,1-5H3,(H,25,26). The van der Waals surface area contributed by atoms with Crippen LogP contribution in [0.5, 0.6) is 11.5 Å². The van der Waals surface area contributed by atoms with Gasteiger partial charge in [0.25, 0.3) is 0 Å². The van der Waals surface area contributed by atoms with Crippen molar-refractivity contribution in [2.75, 3.05) is 14.2 Å². The van der Waals surface area contributed by atoms with E-state index in [2.05, 4.69) is 36.8 Å². The highest BCUT2D eigenvalue weighted by Crippen LogP contribution is 2.38. The van der Waals surface area contributed by atoms with E-state index in [0.29, 0.717) is 0 Å². The molecule has 2 N–H and O–H groups in total. The van der Waals surface area contributed by atoms with Gasteiger partial charge in [0.15, 0.2) is 0 Å². The number of rotatable bonds is 4. The van der Waals surface area contributed by atoms with Gasteiger partial charge < -0.3 is 19.4 Å². The zero-order valence-corrected chi connectivity index (χ0v) is 16.9. The summed E-state index contributed by atoms with van der Waals surface area (Å²) in [7, 11) is 3.36. The molecule has 0 fully saturated rings. The second kappa shape index (κ2) is 6.75. The number of aromatic nitrogens is 3. The van der Waals surface area contributed by atoms with Gasteiger partial charge >= 0.3 is 0 Å². The van der Waals surface area contributed by atoms with E-state index in [1.165, 1.54) is 0 Å². The minimum atomic E-state index is -0.0940. The van der Waals surface area contributed by atoms with E-state index in [0.717, 1.165) is 50.7 Å². The molecule has 0 bridgehead atoms. The molecular formula is C23H25N3O2. The van der Waals surface area contributed by atoms with E-state index < -0.39 is 0 Å². The molecule has 0 aliphatic rings. The number of nitrogens with zero attached hydrogens (tertiary/aromatic N) is 1. The van der Waals surface area contributed by atoms with Crippen LogP contribution in [-0.2, 0) is 5.41 Å². The van der Waals surface area contributed by atoms with Gasteiger partial charge in [0.05, 0.1) is 25.6 Å². The Bertz CT molecular complexity index is 1120. The predicted octanol–water partition coefficient (Wildman–Crippen LogP) is 5.54. The van der Waals surface area contributed by atoms with Crippen molar-refractivity contribution in [3.63, 3.8) is 0 Å². The van der Waals surface area contributed by atoms with Crippen molar-refractivity contribution < 1.29 is 9.47 Å². The number of nitrogens with one attached hydrogen (secondary N) is 2. The molecule has 144 valence electrons. The molecule has 0 radical (unpaired) electrons. The zero-order valence-electron chi connectivity index (χ0n) is 16.9. The Morgan fingerprint density at radius 3 is 2.21 bits per heavy atom. The molecule has 2 heterocycles. The smallest absolute Gasteiger partial charge is 0.119 e. The monoisotopic (exact) mass is 375 g/mol. The maximum Gasteiger partial charge on any atom is 0.119 e. The number of hydrogen-bond donors (Lipinski definition) is 2. The molecule has 0 atom stereocenters. The average molecular weight is 375 g/mol. The Balaban J connectivity index is 1.94. The van der Waals surface area contributed by atoms with Gasteiger partial charge in [-0.1, -0.05) is 20.8 Å². The van der Waals surface area contributed by atoms with Crippen molar-refractivity contribution in [1.82, 2.24) is 15.0 Å². The number of imidazole rings is 1. The third-order valence-electron chi connectivity index (χ3n) is 4.94. The second-order valence-electron chi connectivity index (χ2n) is 7.90. The number of hydrogen-bond acceptors (Lipinski definition) is 3. The summed E-state index contributed by atoms with van der Waals surface area (Å²) in [4.78, 5) is 11.9. The lowest BCUT2D eigenvalue weighted by molar-refractivity contribution is 0.415. The Hall–Kier alpha value is -3.21. The minimum Gasteiger partial charge on any atom is -0.497 e. The van der Waals surface area contributed by atoms with Crippen molar-refractivity contribution in [2.45, 2.75) is 26.2 Å². The summed E-state index contributed by atoms with van der Waals surface area (Å²) >= 11 is 0. The van der Waals surface area contributed by atoms with E-state index in [9.17, 15) is 0 Å². The molecular weight excluding hydrogens is 350 g/mol. The first-order valence-corrected chi connectivity index (χ1v) is 9.31. The lowest BCUT2D eigenvalue weighted by Crippen LogP contribution is -2.13. The van der Waals surface area contributed by atoms with E-state index in [1.54, 1.807) is 14.2 Å². The first-order valence-electron chi connectivity index (χ1n) is 9.31. The Labute approximate surface area is 164 Å². The lowest BCUT2D eigenvalue weighted by atomic mass is 9.96. The molecule has 4 rings (SSSR count). The fraction of sp³-hybridized carbons (Fsp3) is 0.261. The van der Waals surface area contributed by atoms with Crippen LogP contribution >= 0.6 is 0 Å². The van der Waals surface area contributed by atoms with Gasteiger partial charge in [-0.25, -0.2) is 4.98 Å². The van der Waals surface area contributed by atoms with Crippen molar-refractivity contribution in [3.8, 4) is 34.0 Å². The summed E-state index contributed by atoms with van der Waals surface area (Å²) in [5, 5.41) is 1.10. The molecule has 5 nitrogen and oxygen atoms in total. The number of aromatic amines is 2. The molecule has 5 heteroatoms. The minimum absolute atomic E-state index is 0.0940. The van der Waals surface area contributed by atoms with Crippen LogP contribution in [0, 0.1) is 0 Å². The molecule has 0 unspecified atom stereocenters. The van der Waals surface area contributed by atoms with Crippen molar-refractivity contribution in [3.05, 3.63) is 54.5 Å². The Morgan fingerprint density at radius 1 is 0.893 bits per heavy atom. The summed E-state index contributed by atoms with van der Waals surface area (Å²) in [5.41, 5.74) is 5.00. The quantitative estimate of drug-likeness (QED) is 0.492. The molecule has 0 aliphatic heterocycles. The van der Waals surface area contributed by atoms with E-state index in [4.69, 9.17) is 14.5 Å². The van der Waals surface area contributed by atoms with Crippen LogP contribution in [-0.4, -0.2) is 29.2 Å². The Kier molecular flexibility index (Phi) is 4.38. The van der Waals surface area contributed by atoms with Crippen molar-refractivity contribution >= 4 is 10.9 Å². The molecule has 0 spiro atoms. The first kappa shape index (κ1) is 18.2. The third kappa shape index (κ3) is 3.13. The van der Waals surface area contributed by atoms with Gasteiger partial charge in [0.2, 0.25) is 0 Å². The summed E-state index contributed by atoms with van der Waals surface area (Å²) in [6.45, 7) is 6.48. The highest BCUT2D eigenvalue weighted by molar-refractivity contribution is 5.98. The lowest BCUT2D eigenvalue weighted by Gasteiger charge is -2.14. The van der Waals surface area contributed by atoms with E-state index >= 15 is 0 Å². The summed E-state index contributed by atoms with van der Waals surface area (Å²) in [5.74, 6) is 2.61. The molecule has 4 aromatic rings. The van der Waals surface area contributed by atoms with Crippen molar-refractivity contribution in [1.29, 1.82) is 0 Å².